The minimum absolute atomic E-state index is 0.0107. The number of likely N-dealkylation sites (tertiary alicyclic amines) is 1. The van der Waals surface area contributed by atoms with Gasteiger partial charge in [0.1, 0.15) is 6.04 Å². The fourth-order valence-corrected chi connectivity index (χ4v) is 3.14. The average molecular weight is 267 g/mol. The third kappa shape index (κ3) is 2.91. The molecule has 3 unspecified atom stereocenters. The highest BCUT2D eigenvalue weighted by Crippen LogP contribution is 2.28. The van der Waals surface area contributed by atoms with Crippen molar-refractivity contribution in [3.63, 3.8) is 0 Å². The summed E-state index contributed by atoms with van der Waals surface area (Å²) in [7, 11) is 3.58. The molecule has 2 amide bonds. The minimum atomic E-state index is -0.336. The lowest BCUT2D eigenvalue weighted by atomic mass is 9.95. The molecule has 1 heterocycles. The van der Waals surface area contributed by atoms with E-state index in [1.54, 1.807) is 11.9 Å². The van der Waals surface area contributed by atoms with E-state index in [1.807, 2.05) is 14.0 Å². The molecule has 0 aromatic heterocycles. The molecule has 0 aromatic carbocycles. The Kier molecular flexibility index (Phi) is 4.45. The molecule has 1 saturated carbocycles. The lowest BCUT2D eigenvalue weighted by Gasteiger charge is -2.43. The fraction of sp³-hybridized carbons (Fsp3) is 0.857. The Labute approximate surface area is 115 Å². The van der Waals surface area contributed by atoms with Crippen molar-refractivity contribution in [2.24, 2.45) is 5.92 Å². The molecular weight excluding hydrogens is 242 g/mol. The lowest BCUT2D eigenvalue weighted by Crippen LogP contribution is -2.69. The predicted octanol–water partition coefficient (Wildman–Crippen LogP) is 0.500. The molecule has 0 aromatic rings. The second-order valence-corrected chi connectivity index (χ2v) is 5.90. The van der Waals surface area contributed by atoms with E-state index < -0.39 is 0 Å². The number of nitrogens with zero attached hydrogens (tertiary/aromatic N) is 1. The number of hydrogen-bond acceptors (Lipinski definition) is 3. The molecule has 2 rings (SSSR count). The Bertz CT molecular complexity index is 353. The second-order valence-electron chi connectivity index (χ2n) is 5.90. The van der Waals surface area contributed by atoms with Gasteiger partial charge in [0, 0.05) is 7.05 Å². The maximum absolute atomic E-state index is 12.2. The van der Waals surface area contributed by atoms with Crippen LogP contribution in [0.3, 0.4) is 0 Å². The molecule has 19 heavy (non-hydrogen) atoms. The van der Waals surface area contributed by atoms with Crippen LogP contribution in [0.4, 0.5) is 0 Å². The van der Waals surface area contributed by atoms with Crippen LogP contribution in [0.5, 0.6) is 0 Å². The summed E-state index contributed by atoms with van der Waals surface area (Å²) in [6.07, 6.45) is 5.91. The van der Waals surface area contributed by atoms with Gasteiger partial charge in [0.15, 0.2) is 0 Å². The Morgan fingerprint density at radius 3 is 2.58 bits per heavy atom. The van der Waals surface area contributed by atoms with Crippen LogP contribution in [0, 0.1) is 5.92 Å². The summed E-state index contributed by atoms with van der Waals surface area (Å²) in [5.74, 6) is 0.629. The third-order valence-corrected chi connectivity index (χ3v) is 4.71. The molecule has 0 spiro atoms. The molecule has 3 atom stereocenters. The molecule has 0 bridgehead atoms. The van der Waals surface area contributed by atoms with E-state index in [0.29, 0.717) is 5.92 Å². The normalized spacial score (nSPS) is 29.2. The van der Waals surface area contributed by atoms with Gasteiger partial charge in [-0.2, -0.15) is 0 Å². The maximum Gasteiger partial charge on any atom is 0.247 e. The summed E-state index contributed by atoms with van der Waals surface area (Å²) in [6.45, 7) is 1.96. The first kappa shape index (κ1) is 14.3. The van der Waals surface area contributed by atoms with Gasteiger partial charge in [-0.05, 0) is 26.3 Å². The number of likely N-dealkylation sites (N-methyl/N-ethyl adjacent to an activating group) is 2. The Morgan fingerprint density at radius 2 is 2.05 bits per heavy atom. The summed E-state index contributed by atoms with van der Waals surface area (Å²) in [4.78, 5) is 25.5. The van der Waals surface area contributed by atoms with E-state index in [-0.39, 0.29) is 29.9 Å². The summed E-state index contributed by atoms with van der Waals surface area (Å²) in [5, 5.41) is 5.96. The number of carbonyl (C=O) groups is 2. The Balaban J connectivity index is 1.84. The van der Waals surface area contributed by atoms with Gasteiger partial charge in [-0.3, -0.25) is 9.59 Å². The molecule has 2 fully saturated rings. The van der Waals surface area contributed by atoms with E-state index in [9.17, 15) is 9.59 Å². The van der Waals surface area contributed by atoms with Gasteiger partial charge in [-0.1, -0.05) is 25.7 Å². The van der Waals surface area contributed by atoms with Crippen LogP contribution < -0.4 is 10.6 Å². The fourth-order valence-electron chi connectivity index (χ4n) is 3.14. The van der Waals surface area contributed by atoms with E-state index in [2.05, 4.69) is 10.6 Å². The van der Waals surface area contributed by atoms with Crippen molar-refractivity contribution in [3.05, 3.63) is 0 Å². The van der Waals surface area contributed by atoms with Crippen LogP contribution in [-0.4, -0.2) is 48.9 Å². The first-order valence-electron chi connectivity index (χ1n) is 7.29. The molecular formula is C14H25N3O2. The molecule has 1 aliphatic heterocycles. The highest BCUT2D eigenvalue weighted by molar-refractivity contribution is 5.94. The number of nitrogens with one attached hydrogen (secondary N) is 2. The van der Waals surface area contributed by atoms with Crippen molar-refractivity contribution in [1.82, 2.24) is 15.5 Å². The summed E-state index contributed by atoms with van der Waals surface area (Å²) in [5.41, 5.74) is 0. The van der Waals surface area contributed by atoms with Crippen molar-refractivity contribution in [2.75, 3.05) is 14.1 Å². The standard InChI is InChI=1S/C14H25N3O2/c1-9-12(14(19)17(9)3)16-13(18)11(15-2)8-10-6-4-5-7-10/h9-12,15H,4-8H2,1-3H3,(H,16,18). The second kappa shape index (κ2) is 5.90. The van der Waals surface area contributed by atoms with Crippen LogP contribution in [0.1, 0.15) is 39.0 Å². The van der Waals surface area contributed by atoms with Crippen molar-refractivity contribution in [3.8, 4) is 0 Å². The van der Waals surface area contributed by atoms with Crippen molar-refractivity contribution >= 4 is 11.8 Å². The van der Waals surface area contributed by atoms with Gasteiger partial charge >= 0.3 is 0 Å². The van der Waals surface area contributed by atoms with Crippen molar-refractivity contribution < 1.29 is 9.59 Å². The Hall–Kier alpha value is -1.10. The number of amides is 2. The molecule has 5 heteroatoms. The SMILES string of the molecule is CNC(CC1CCCC1)C(=O)NC1C(=O)N(C)C1C. The molecule has 2 N–H and O–H groups in total. The summed E-state index contributed by atoms with van der Waals surface area (Å²) >= 11 is 0. The van der Waals surface area contributed by atoms with E-state index in [1.165, 1.54) is 25.7 Å². The topological polar surface area (TPSA) is 61.4 Å². The minimum Gasteiger partial charge on any atom is -0.341 e. The van der Waals surface area contributed by atoms with Gasteiger partial charge < -0.3 is 15.5 Å². The zero-order valence-corrected chi connectivity index (χ0v) is 12.1. The van der Waals surface area contributed by atoms with Gasteiger partial charge in [0.05, 0.1) is 12.1 Å². The van der Waals surface area contributed by atoms with Gasteiger partial charge in [0.2, 0.25) is 11.8 Å². The van der Waals surface area contributed by atoms with E-state index in [0.717, 1.165) is 6.42 Å². The molecule has 108 valence electrons. The van der Waals surface area contributed by atoms with Gasteiger partial charge in [0.25, 0.3) is 0 Å². The van der Waals surface area contributed by atoms with Crippen molar-refractivity contribution in [1.29, 1.82) is 0 Å². The van der Waals surface area contributed by atoms with Crippen LogP contribution >= 0.6 is 0 Å². The van der Waals surface area contributed by atoms with Crippen molar-refractivity contribution in [2.45, 2.75) is 57.2 Å². The largest absolute Gasteiger partial charge is 0.341 e. The number of carbonyl (C=O) groups excluding carboxylic acids is 2. The number of hydrogen-bond donors (Lipinski definition) is 2. The molecule has 0 radical (unpaired) electrons. The van der Waals surface area contributed by atoms with E-state index >= 15 is 0 Å². The highest BCUT2D eigenvalue weighted by atomic mass is 16.2. The van der Waals surface area contributed by atoms with E-state index in [4.69, 9.17) is 0 Å². The highest BCUT2D eigenvalue weighted by Gasteiger charge is 2.43. The smallest absolute Gasteiger partial charge is 0.247 e. The molecule has 2 aliphatic rings. The van der Waals surface area contributed by atoms with Crippen LogP contribution in [0.25, 0.3) is 0 Å². The lowest BCUT2D eigenvalue weighted by molar-refractivity contribution is -0.150. The predicted molar refractivity (Wildman–Crippen MR) is 73.6 cm³/mol. The molecule has 1 saturated heterocycles. The van der Waals surface area contributed by atoms with Gasteiger partial charge in [-0.15, -0.1) is 0 Å². The van der Waals surface area contributed by atoms with Crippen LogP contribution in [0.2, 0.25) is 0 Å². The maximum atomic E-state index is 12.2. The zero-order chi connectivity index (χ0) is 14.0. The zero-order valence-electron chi connectivity index (χ0n) is 12.1. The quantitative estimate of drug-likeness (QED) is 0.713. The molecule has 1 aliphatic carbocycles. The average Bonchev–Trinajstić information content (AvgIpc) is 2.93. The van der Waals surface area contributed by atoms with Crippen LogP contribution in [0.15, 0.2) is 0 Å². The number of rotatable bonds is 5. The number of β-lactam (4-membered cyclic amide) rings is 1. The monoisotopic (exact) mass is 267 g/mol. The first-order chi connectivity index (χ1) is 9.04. The van der Waals surface area contributed by atoms with Crippen LogP contribution in [-0.2, 0) is 9.59 Å². The molecule has 5 nitrogen and oxygen atoms in total. The summed E-state index contributed by atoms with van der Waals surface area (Å²) in [6, 6.07) is -0.411. The first-order valence-corrected chi connectivity index (χ1v) is 7.29. The summed E-state index contributed by atoms with van der Waals surface area (Å²) < 4.78 is 0. The Morgan fingerprint density at radius 1 is 1.42 bits per heavy atom. The van der Waals surface area contributed by atoms with Gasteiger partial charge in [-0.25, -0.2) is 0 Å². The third-order valence-electron chi connectivity index (χ3n) is 4.71.